The molecule has 1 fully saturated rings. The average Bonchev–Trinajstić information content (AvgIpc) is 3.62. The van der Waals surface area contributed by atoms with Crippen LogP contribution in [-0.2, 0) is 30.3 Å². The molecule has 3 heterocycles. The van der Waals surface area contributed by atoms with Crippen molar-refractivity contribution in [3.8, 4) is 0 Å². The molecule has 6 rings (SSSR count). The van der Waals surface area contributed by atoms with E-state index >= 15 is 0 Å². The van der Waals surface area contributed by atoms with Gasteiger partial charge in [0.2, 0.25) is 0 Å². The number of benzene rings is 3. The van der Waals surface area contributed by atoms with Crippen LogP contribution < -0.4 is 10.6 Å². The lowest BCUT2D eigenvalue weighted by Crippen LogP contribution is -2.42. The Morgan fingerprint density at radius 2 is 1.73 bits per heavy atom. The second kappa shape index (κ2) is 13.0. The Balaban J connectivity index is 1.40. The van der Waals surface area contributed by atoms with Crippen molar-refractivity contribution in [2.45, 2.75) is 45.1 Å². The van der Waals surface area contributed by atoms with Gasteiger partial charge in [-0.1, -0.05) is 54.1 Å². The molecule has 0 aromatic heterocycles. The summed E-state index contributed by atoms with van der Waals surface area (Å²) in [7, 11) is 0. The molecule has 9 heteroatoms. The summed E-state index contributed by atoms with van der Waals surface area (Å²) in [6.07, 6.45) is 2.85. The van der Waals surface area contributed by atoms with Crippen molar-refractivity contribution in [3.63, 3.8) is 0 Å². The maximum atomic E-state index is 14.3. The standard InChI is InChI=1S/C36H38FN3O5/c1-4-44-35(42)32-31(34(41)39-28-14-7-24(3)29(37)21-28)30-15-16-36(32,45-30)33(38-27-12-5-23(2)6-13-27)26-10-8-25(9-11-26)22-40-17-19-43-20-18-40/h5-16,21,30,33,38H,4,17-20,22H2,1-3H3,(H,39,41). The van der Waals surface area contributed by atoms with Crippen LogP contribution >= 0.6 is 0 Å². The van der Waals surface area contributed by atoms with Gasteiger partial charge in [0.15, 0.2) is 0 Å². The molecule has 3 atom stereocenters. The zero-order valence-corrected chi connectivity index (χ0v) is 25.8. The molecule has 3 aliphatic rings. The molecule has 1 saturated heterocycles. The summed E-state index contributed by atoms with van der Waals surface area (Å²) >= 11 is 0. The van der Waals surface area contributed by atoms with Crippen LogP contribution in [0.4, 0.5) is 15.8 Å². The van der Waals surface area contributed by atoms with Crippen molar-refractivity contribution in [1.29, 1.82) is 0 Å². The zero-order valence-electron chi connectivity index (χ0n) is 25.8. The minimum Gasteiger partial charge on any atom is -0.463 e. The van der Waals surface area contributed by atoms with Gasteiger partial charge < -0.3 is 24.8 Å². The lowest BCUT2D eigenvalue weighted by Gasteiger charge is -2.36. The number of carbonyl (C=O) groups excluding carboxylic acids is 2. The Morgan fingerprint density at radius 1 is 1.02 bits per heavy atom. The first-order chi connectivity index (χ1) is 21.8. The van der Waals surface area contributed by atoms with E-state index in [-0.39, 0.29) is 23.4 Å². The van der Waals surface area contributed by atoms with Gasteiger partial charge >= 0.3 is 5.97 Å². The molecular formula is C36H38FN3O5. The molecule has 45 heavy (non-hydrogen) atoms. The van der Waals surface area contributed by atoms with Gasteiger partial charge in [0.1, 0.15) is 17.5 Å². The number of ether oxygens (including phenoxy) is 3. The Hall–Kier alpha value is -4.31. The predicted molar refractivity (Wildman–Crippen MR) is 170 cm³/mol. The molecule has 3 aliphatic heterocycles. The second-order valence-electron chi connectivity index (χ2n) is 11.7. The van der Waals surface area contributed by atoms with E-state index in [1.165, 1.54) is 6.07 Å². The largest absolute Gasteiger partial charge is 0.463 e. The number of anilines is 2. The minimum absolute atomic E-state index is 0.122. The summed E-state index contributed by atoms with van der Waals surface area (Å²) in [6, 6.07) is 20.1. The van der Waals surface area contributed by atoms with E-state index in [0.717, 1.165) is 55.2 Å². The van der Waals surface area contributed by atoms with E-state index in [4.69, 9.17) is 14.2 Å². The van der Waals surface area contributed by atoms with Crippen molar-refractivity contribution in [2.75, 3.05) is 43.5 Å². The van der Waals surface area contributed by atoms with Crippen LogP contribution in [-0.4, -0.2) is 61.4 Å². The van der Waals surface area contributed by atoms with Crippen molar-refractivity contribution in [3.05, 3.63) is 118 Å². The number of morpholine rings is 1. The Kier molecular flexibility index (Phi) is 8.85. The SMILES string of the molecule is CCOC(=O)C1=C(C(=O)Nc2ccc(C)c(F)c2)C2C=CC1(C(Nc1ccc(C)cc1)c1ccc(CN3CCOCC3)cc1)O2. The summed E-state index contributed by atoms with van der Waals surface area (Å²) in [4.78, 5) is 29.9. The number of fused-ring (bicyclic) bond motifs is 2. The Labute approximate surface area is 262 Å². The molecule has 0 saturated carbocycles. The number of nitrogens with zero attached hydrogens (tertiary/aromatic N) is 1. The number of esters is 1. The van der Waals surface area contributed by atoms with Gasteiger partial charge in [-0.3, -0.25) is 9.69 Å². The monoisotopic (exact) mass is 611 g/mol. The van der Waals surface area contributed by atoms with E-state index in [1.807, 2.05) is 49.4 Å². The molecule has 234 valence electrons. The quantitative estimate of drug-likeness (QED) is 0.227. The first-order valence-electron chi connectivity index (χ1n) is 15.4. The van der Waals surface area contributed by atoms with Crippen molar-refractivity contribution in [1.82, 2.24) is 4.90 Å². The van der Waals surface area contributed by atoms with Crippen LogP contribution in [0.1, 0.15) is 35.2 Å². The number of amides is 1. The molecule has 0 aliphatic carbocycles. The number of hydrogen-bond acceptors (Lipinski definition) is 7. The zero-order chi connectivity index (χ0) is 31.6. The smallest absolute Gasteiger partial charge is 0.337 e. The maximum Gasteiger partial charge on any atom is 0.337 e. The third-order valence-corrected chi connectivity index (χ3v) is 8.55. The predicted octanol–water partition coefficient (Wildman–Crippen LogP) is 5.63. The van der Waals surface area contributed by atoms with Crippen LogP contribution in [0.3, 0.4) is 0 Å². The van der Waals surface area contributed by atoms with Crippen molar-refractivity contribution < 1.29 is 28.2 Å². The molecule has 3 aromatic rings. The molecule has 0 spiro atoms. The summed E-state index contributed by atoms with van der Waals surface area (Å²) in [5, 5.41) is 6.38. The van der Waals surface area contributed by atoms with Crippen LogP contribution in [0.2, 0.25) is 0 Å². The molecule has 3 unspecified atom stereocenters. The summed E-state index contributed by atoms with van der Waals surface area (Å²) in [5.41, 5.74) is 3.64. The maximum absolute atomic E-state index is 14.3. The van der Waals surface area contributed by atoms with Crippen LogP contribution in [0.25, 0.3) is 0 Å². The number of rotatable bonds is 10. The summed E-state index contributed by atoms with van der Waals surface area (Å²) < 4.78 is 32.0. The van der Waals surface area contributed by atoms with Crippen LogP contribution in [0, 0.1) is 19.7 Å². The van der Waals surface area contributed by atoms with E-state index in [2.05, 4.69) is 27.7 Å². The first kappa shape index (κ1) is 30.7. The van der Waals surface area contributed by atoms with Crippen molar-refractivity contribution in [2.24, 2.45) is 0 Å². The molecular weight excluding hydrogens is 573 g/mol. The van der Waals surface area contributed by atoms with E-state index in [1.54, 1.807) is 32.1 Å². The highest BCUT2D eigenvalue weighted by Crippen LogP contribution is 2.51. The Morgan fingerprint density at radius 3 is 2.42 bits per heavy atom. The molecule has 8 nitrogen and oxygen atoms in total. The lowest BCUT2D eigenvalue weighted by atomic mass is 9.78. The number of hydrogen-bond donors (Lipinski definition) is 2. The van der Waals surface area contributed by atoms with E-state index in [0.29, 0.717) is 5.56 Å². The highest BCUT2D eigenvalue weighted by atomic mass is 19.1. The number of carbonyl (C=O) groups is 2. The normalized spacial score (nSPS) is 21.6. The topological polar surface area (TPSA) is 89.1 Å². The summed E-state index contributed by atoms with van der Waals surface area (Å²) in [6.45, 7) is 9.54. The molecule has 2 N–H and O–H groups in total. The van der Waals surface area contributed by atoms with Gasteiger partial charge in [-0.25, -0.2) is 9.18 Å². The molecule has 1 amide bonds. The van der Waals surface area contributed by atoms with Crippen LogP contribution in [0.15, 0.2) is 90.0 Å². The Bertz CT molecular complexity index is 1630. The highest BCUT2D eigenvalue weighted by Gasteiger charge is 2.58. The van der Waals surface area contributed by atoms with Crippen molar-refractivity contribution >= 4 is 23.3 Å². The highest BCUT2D eigenvalue weighted by molar-refractivity contribution is 6.12. The average molecular weight is 612 g/mol. The van der Waals surface area contributed by atoms with Gasteiger partial charge in [0.05, 0.1) is 37.0 Å². The second-order valence-corrected chi connectivity index (χ2v) is 11.7. The fraction of sp³-hybridized carbons (Fsp3) is 0.333. The van der Waals surface area contributed by atoms with Gasteiger partial charge in [-0.05, 0) is 67.8 Å². The van der Waals surface area contributed by atoms with Gasteiger partial charge in [-0.2, -0.15) is 0 Å². The van der Waals surface area contributed by atoms with Gasteiger partial charge in [0.25, 0.3) is 5.91 Å². The molecule has 2 bridgehead atoms. The van der Waals surface area contributed by atoms with Crippen LogP contribution in [0.5, 0.6) is 0 Å². The van der Waals surface area contributed by atoms with Gasteiger partial charge in [-0.15, -0.1) is 0 Å². The molecule has 0 radical (unpaired) electrons. The first-order valence-corrected chi connectivity index (χ1v) is 15.4. The number of aryl methyl sites for hydroxylation is 2. The third kappa shape index (κ3) is 6.29. The number of nitrogens with one attached hydrogen (secondary N) is 2. The van der Waals surface area contributed by atoms with E-state index in [9.17, 15) is 14.0 Å². The molecule has 3 aromatic carbocycles. The third-order valence-electron chi connectivity index (χ3n) is 8.55. The fourth-order valence-corrected chi connectivity index (χ4v) is 6.15. The minimum atomic E-state index is -1.35. The fourth-order valence-electron chi connectivity index (χ4n) is 6.15. The number of halogens is 1. The summed E-state index contributed by atoms with van der Waals surface area (Å²) in [5.74, 6) is -1.62. The van der Waals surface area contributed by atoms with Gasteiger partial charge in [0, 0.05) is 31.0 Å². The lowest BCUT2D eigenvalue weighted by molar-refractivity contribution is -0.140. The van der Waals surface area contributed by atoms with E-state index < -0.39 is 35.4 Å².